The number of hydrogen-bond donors (Lipinski definition) is 0. The molecule has 16 rings (SSSR count). The van der Waals surface area contributed by atoms with Crippen molar-refractivity contribution in [2.45, 2.75) is 38.5 Å². The molecule has 0 bridgehead atoms. The maximum absolute atomic E-state index is 2.47. The number of benzene rings is 14. The van der Waals surface area contributed by atoms with Crippen LogP contribution in [0.2, 0.25) is 0 Å². The summed E-state index contributed by atoms with van der Waals surface area (Å²) in [4.78, 5) is 4.94. The van der Waals surface area contributed by atoms with Crippen LogP contribution in [-0.4, -0.2) is 0 Å². The normalized spacial score (nSPS) is 13.1. The first-order valence-electron chi connectivity index (χ1n) is 33.5. The molecule has 458 valence electrons. The van der Waals surface area contributed by atoms with Gasteiger partial charge in [0.15, 0.2) is 0 Å². The molecule has 14 aromatic carbocycles. The molecule has 2 aliphatic rings. The van der Waals surface area contributed by atoms with Crippen LogP contribution in [0.1, 0.15) is 72.2 Å². The van der Waals surface area contributed by atoms with Crippen molar-refractivity contribution in [2.24, 2.45) is 0 Å². The Kier molecular flexibility index (Phi) is 15.4. The lowest BCUT2D eigenvalue weighted by atomic mass is 9.81. The molecular weight excluding hydrogens is 1160 g/mol. The van der Waals surface area contributed by atoms with E-state index in [1.54, 1.807) is 0 Å². The number of hydrogen-bond acceptors (Lipinski definition) is 2. The fraction of sp³-hybridized carbons (Fsp3) is 0.0638. The molecular formula is C94H72N2. The topological polar surface area (TPSA) is 6.48 Å². The van der Waals surface area contributed by atoms with Crippen molar-refractivity contribution in [3.8, 4) is 77.9 Å². The molecule has 0 heterocycles. The summed E-state index contributed by atoms with van der Waals surface area (Å²) in [5.74, 6) is 0. The number of para-hydroxylation sites is 4. The molecule has 14 aromatic rings. The van der Waals surface area contributed by atoms with Gasteiger partial charge in [-0.1, -0.05) is 343 Å². The van der Waals surface area contributed by atoms with Crippen molar-refractivity contribution in [3.05, 3.63) is 384 Å². The van der Waals surface area contributed by atoms with E-state index in [4.69, 9.17) is 0 Å². The van der Waals surface area contributed by atoms with E-state index in [0.29, 0.717) is 0 Å². The van der Waals surface area contributed by atoms with Crippen molar-refractivity contribution in [3.63, 3.8) is 0 Å². The molecule has 0 radical (unpaired) electrons. The van der Waals surface area contributed by atoms with Gasteiger partial charge in [0.1, 0.15) is 0 Å². The van der Waals surface area contributed by atoms with Gasteiger partial charge >= 0.3 is 0 Å². The second kappa shape index (κ2) is 24.9. The highest BCUT2D eigenvalue weighted by Crippen LogP contribution is 2.55. The number of nitrogens with zero attached hydrogens (tertiary/aromatic N) is 2. The maximum atomic E-state index is 2.47. The van der Waals surface area contributed by atoms with Gasteiger partial charge in [-0.3, -0.25) is 0 Å². The zero-order chi connectivity index (χ0) is 64.7. The van der Waals surface area contributed by atoms with Gasteiger partial charge < -0.3 is 9.80 Å². The molecule has 0 spiro atoms. The molecule has 0 unspecified atom stereocenters. The lowest BCUT2D eigenvalue weighted by molar-refractivity contribution is 0.660. The van der Waals surface area contributed by atoms with Crippen LogP contribution in [0, 0.1) is 0 Å². The highest BCUT2D eigenvalue weighted by Gasteiger charge is 2.38. The Morgan fingerprint density at radius 2 is 0.438 bits per heavy atom. The highest BCUT2D eigenvalue weighted by molar-refractivity contribution is 5.97. The van der Waals surface area contributed by atoms with Gasteiger partial charge in [-0.25, -0.2) is 0 Å². The molecule has 0 fully saturated rings. The molecule has 0 aromatic heterocycles. The summed E-state index contributed by atoms with van der Waals surface area (Å²) in [6.07, 6.45) is 9.00. The predicted octanol–water partition coefficient (Wildman–Crippen LogP) is 25.9. The van der Waals surface area contributed by atoms with Crippen LogP contribution < -0.4 is 9.80 Å². The fourth-order valence-corrected chi connectivity index (χ4v) is 14.9. The zero-order valence-electron chi connectivity index (χ0n) is 54.5. The van der Waals surface area contributed by atoms with Gasteiger partial charge in [0.2, 0.25) is 0 Å². The van der Waals surface area contributed by atoms with Crippen LogP contribution >= 0.6 is 0 Å². The Balaban J connectivity index is 0.622. The average Bonchev–Trinajstić information content (AvgIpc) is 1.58. The third-order valence-corrected chi connectivity index (χ3v) is 19.9. The van der Waals surface area contributed by atoms with Crippen LogP contribution in [0.25, 0.3) is 102 Å². The Morgan fingerprint density at radius 3 is 0.740 bits per heavy atom. The Hall–Kier alpha value is -11.8. The number of rotatable bonds is 15. The van der Waals surface area contributed by atoms with Gasteiger partial charge in [0, 0.05) is 44.5 Å². The minimum Gasteiger partial charge on any atom is -0.309 e. The van der Waals surface area contributed by atoms with Crippen molar-refractivity contribution in [2.75, 3.05) is 9.80 Å². The second-order valence-corrected chi connectivity index (χ2v) is 26.4. The number of fused-ring (bicyclic) bond motifs is 6. The molecule has 96 heavy (non-hydrogen) atoms. The molecule has 0 saturated carbocycles. The molecule has 2 heteroatoms. The van der Waals surface area contributed by atoms with Crippen LogP contribution in [-0.2, 0) is 10.8 Å². The summed E-state index contributed by atoms with van der Waals surface area (Å²) >= 11 is 0. The van der Waals surface area contributed by atoms with Gasteiger partial charge in [0.25, 0.3) is 0 Å². The molecule has 2 nitrogen and oxygen atoms in total. The van der Waals surface area contributed by atoms with Crippen molar-refractivity contribution in [1.29, 1.82) is 0 Å². The van der Waals surface area contributed by atoms with Gasteiger partial charge in [-0.2, -0.15) is 0 Å². The minimum atomic E-state index is -0.237. The third kappa shape index (κ3) is 11.0. The van der Waals surface area contributed by atoms with E-state index in [-0.39, 0.29) is 10.8 Å². The average molecular weight is 1230 g/mol. The summed E-state index contributed by atoms with van der Waals surface area (Å²) in [6, 6.07) is 124. The molecule has 0 N–H and O–H groups in total. The Bertz CT molecular complexity index is 4750. The second-order valence-electron chi connectivity index (χ2n) is 26.4. The van der Waals surface area contributed by atoms with Crippen molar-refractivity contribution < 1.29 is 0 Å². The lowest BCUT2D eigenvalue weighted by Gasteiger charge is -2.31. The van der Waals surface area contributed by atoms with E-state index in [9.17, 15) is 0 Å². The van der Waals surface area contributed by atoms with E-state index in [0.717, 1.165) is 45.3 Å². The van der Waals surface area contributed by atoms with Gasteiger partial charge in [0.05, 0.1) is 22.7 Å². The van der Waals surface area contributed by atoms with Gasteiger partial charge in [-0.05, 0) is 149 Å². The summed E-state index contributed by atoms with van der Waals surface area (Å²) in [6.45, 7) is 9.53. The molecule has 0 atom stereocenters. The first kappa shape index (κ1) is 59.2. The first-order chi connectivity index (χ1) is 47.1. The van der Waals surface area contributed by atoms with Gasteiger partial charge in [-0.15, -0.1) is 0 Å². The van der Waals surface area contributed by atoms with Crippen LogP contribution in [0.15, 0.2) is 340 Å². The van der Waals surface area contributed by atoms with E-state index in [1.807, 2.05) is 0 Å². The first-order valence-corrected chi connectivity index (χ1v) is 33.5. The van der Waals surface area contributed by atoms with Crippen molar-refractivity contribution in [1.82, 2.24) is 0 Å². The summed E-state index contributed by atoms with van der Waals surface area (Å²) < 4.78 is 0. The molecule has 0 amide bonds. The van der Waals surface area contributed by atoms with E-state index >= 15 is 0 Å². The quantitative estimate of drug-likeness (QED) is 0.0944. The van der Waals surface area contributed by atoms with Crippen LogP contribution in [0.4, 0.5) is 34.1 Å². The molecule has 0 saturated heterocycles. The predicted molar refractivity (Wildman–Crippen MR) is 409 cm³/mol. The standard InChI is InChI=1S/C94H72N2/c1-93(2)85-61-67(49-57-81(85)83-59-55-75(63-87(83)93)95(89-37-21-17-33-77(89)71-25-9-5-10-26-71)90-38-22-18-34-78(90)72-27-11-6-12-28-72)43-41-65-45-51-69(52-46-65)70-53-47-66(48-54-70)42-44-68-50-58-82-84-60-56-76(64-88(84)94(3,4)86(82)62-68)96(91-39-23-19-35-79(91)73-29-13-7-14-30-73)92-40-24-20-36-80(92)74-31-15-8-16-32-74/h5-64H,1-4H3. The summed E-state index contributed by atoms with van der Waals surface area (Å²) in [5.41, 5.74) is 33.4. The smallest absolute Gasteiger partial charge is 0.0540 e. The van der Waals surface area contributed by atoms with E-state index in [1.165, 1.54) is 111 Å². The lowest BCUT2D eigenvalue weighted by Crippen LogP contribution is -2.17. The van der Waals surface area contributed by atoms with Crippen LogP contribution in [0.3, 0.4) is 0 Å². The fourth-order valence-electron chi connectivity index (χ4n) is 14.9. The minimum absolute atomic E-state index is 0.237. The van der Waals surface area contributed by atoms with E-state index in [2.05, 4.69) is 402 Å². The summed E-state index contributed by atoms with van der Waals surface area (Å²) in [7, 11) is 0. The highest BCUT2D eigenvalue weighted by atomic mass is 15.2. The van der Waals surface area contributed by atoms with Crippen LogP contribution in [0.5, 0.6) is 0 Å². The number of anilines is 6. The van der Waals surface area contributed by atoms with Crippen molar-refractivity contribution >= 4 is 58.4 Å². The Morgan fingerprint density at radius 1 is 0.198 bits per heavy atom. The third-order valence-electron chi connectivity index (χ3n) is 19.9. The monoisotopic (exact) mass is 1230 g/mol. The SMILES string of the molecule is CC1(C)c2cc(C=Cc3ccc(-c4ccc(C=Cc5ccc6c(c5)C(C)(C)c5cc(N(c7ccccc7-c7ccccc7)c7ccccc7-c7ccccc7)ccc5-6)cc4)cc3)ccc2-c2ccc(N(c3ccccc3-c3ccccc3)c3ccccc3-c3ccccc3)cc21. The largest absolute Gasteiger partial charge is 0.309 e. The maximum Gasteiger partial charge on any atom is 0.0540 e. The van der Waals surface area contributed by atoms with E-state index < -0.39 is 0 Å². The molecule has 0 aliphatic heterocycles. The zero-order valence-corrected chi connectivity index (χ0v) is 54.5. The molecule has 2 aliphatic carbocycles. The summed E-state index contributed by atoms with van der Waals surface area (Å²) in [5, 5.41) is 0. The Labute approximate surface area is 565 Å².